The number of carbonyl (C=O) groups excluding carboxylic acids is 1. The maximum Gasteiger partial charge on any atom is 0.288 e. The minimum atomic E-state index is -0.613. The van der Waals surface area contributed by atoms with Gasteiger partial charge in [-0.15, -0.1) is 0 Å². The highest BCUT2D eigenvalue weighted by Gasteiger charge is 2.17. The van der Waals surface area contributed by atoms with Gasteiger partial charge in [0.15, 0.2) is 0 Å². The van der Waals surface area contributed by atoms with Crippen molar-refractivity contribution in [3.05, 3.63) is 32.8 Å². The molecule has 0 aromatic heterocycles. The van der Waals surface area contributed by atoms with Crippen LogP contribution in [0.2, 0.25) is 5.02 Å². The number of halogens is 1. The van der Waals surface area contributed by atoms with E-state index in [1.807, 2.05) is 0 Å². The summed E-state index contributed by atoms with van der Waals surface area (Å²) in [5, 5.41) is 13.3. The Morgan fingerprint density at radius 3 is 2.72 bits per heavy atom. The summed E-state index contributed by atoms with van der Waals surface area (Å²) in [5.41, 5.74) is 6.38. The molecule has 6 nitrogen and oxygen atoms in total. The third-order valence-electron chi connectivity index (χ3n) is 2.52. The molecule has 0 aliphatic carbocycles. The highest BCUT2D eigenvalue weighted by atomic mass is 35.5. The Bertz CT molecular complexity index is 491. The maximum atomic E-state index is 11.6. The first-order chi connectivity index (χ1) is 8.36. The molecule has 3 N–H and O–H groups in total. The lowest BCUT2D eigenvalue weighted by Crippen LogP contribution is -2.35. The van der Waals surface area contributed by atoms with E-state index < -0.39 is 11.0 Å². The number of nitro benzene ring substituents is 1. The number of nitrogens with one attached hydrogen (secondary N) is 1. The third kappa shape index (κ3) is 3.18. The number of aryl methyl sites for hydroxylation is 1. The Morgan fingerprint density at radius 2 is 2.22 bits per heavy atom. The number of anilines is 1. The Kier molecular flexibility index (Phi) is 4.63. The summed E-state index contributed by atoms with van der Waals surface area (Å²) in [7, 11) is 0. The maximum absolute atomic E-state index is 11.6. The Balaban J connectivity index is 3.02. The minimum absolute atomic E-state index is 0.0223. The number of nitrogens with zero attached hydrogens (tertiary/aromatic N) is 1. The molecule has 1 aromatic rings. The van der Waals surface area contributed by atoms with Gasteiger partial charge in [-0.2, -0.15) is 0 Å². The number of rotatable bonds is 4. The Hall–Kier alpha value is -1.66. The van der Waals surface area contributed by atoms with Crippen LogP contribution in [0.4, 0.5) is 11.4 Å². The van der Waals surface area contributed by atoms with E-state index in [1.165, 1.54) is 12.1 Å². The second-order valence-electron chi connectivity index (χ2n) is 3.88. The zero-order chi connectivity index (χ0) is 13.9. The zero-order valence-corrected chi connectivity index (χ0v) is 10.8. The van der Waals surface area contributed by atoms with Crippen LogP contribution < -0.4 is 11.1 Å². The van der Waals surface area contributed by atoms with Crippen molar-refractivity contribution in [2.75, 3.05) is 5.32 Å². The molecular weight excluding hydrogens is 258 g/mol. The average Bonchev–Trinajstić information content (AvgIpc) is 2.31. The first-order valence-corrected chi connectivity index (χ1v) is 5.75. The van der Waals surface area contributed by atoms with E-state index in [4.69, 9.17) is 17.3 Å². The molecule has 1 atom stereocenters. The normalized spacial score (nSPS) is 12.0. The molecule has 0 fully saturated rings. The molecule has 18 heavy (non-hydrogen) atoms. The van der Waals surface area contributed by atoms with Crippen molar-refractivity contribution in [1.82, 2.24) is 0 Å². The molecule has 0 saturated heterocycles. The summed E-state index contributed by atoms with van der Waals surface area (Å²) in [6, 6.07) is 2.06. The van der Waals surface area contributed by atoms with Gasteiger partial charge in [-0.05, 0) is 25.0 Å². The van der Waals surface area contributed by atoms with E-state index in [9.17, 15) is 14.9 Å². The summed E-state index contributed by atoms with van der Waals surface area (Å²) in [6.45, 7) is 3.44. The van der Waals surface area contributed by atoms with Crippen LogP contribution in [-0.2, 0) is 4.79 Å². The van der Waals surface area contributed by atoms with Crippen molar-refractivity contribution in [1.29, 1.82) is 0 Å². The minimum Gasteiger partial charge on any atom is -0.324 e. The van der Waals surface area contributed by atoms with Gasteiger partial charge in [0.1, 0.15) is 5.02 Å². The number of hydrogen-bond acceptors (Lipinski definition) is 4. The van der Waals surface area contributed by atoms with E-state index in [2.05, 4.69) is 5.32 Å². The molecule has 0 heterocycles. The fraction of sp³-hybridized carbons (Fsp3) is 0.364. The van der Waals surface area contributed by atoms with Crippen molar-refractivity contribution in [2.45, 2.75) is 26.3 Å². The van der Waals surface area contributed by atoms with Gasteiger partial charge >= 0.3 is 0 Å². The molecular formula is C11H14ClN3O3. The lowest BCUT2D eigenvalue weighted by Gasteiger charge is -2.12. The summed E-state index contributed by atoms with van der Waals surface area (Å²) >= 11 is 5.77. The SMILES string of the molecule is CC[C@@H](N)C(=O)Nc1cc(Cl)c([N+](=O)[O-])cc1C. The molecule has 98 valence electrons. The molecule has 1 amide bonds. The molecule has 0 aliphatic heterocycles. The quantitative estimate of drug-likeness (QED) is 0.648. The second kappa shape index (κ2) is 5.79. The van der Waals surface area contributed by atoms with E-state index in [-0.39, 0.29) is 16.6 Å². The fourth-order valence-electron chi connectivity index (χ4n) is 1.35. The number of hydrogen-bond donors (Lipinski definition) is 2. The van der Waals surface area contributed by atoms with Crippen LogP contribution in [0.5, 0.6) is 0 Å². The van der Waals surface area contributed by atoms with E-state index in [0.29, 0.717) is 17.7 Å². The van der Waals surface area contributed by atoms with Crippen molar-refractivity contribution in [3.8, 4) is 0 Å². The van der Waals surface area contributed by atoms with Gasteiger partial charge in [-0.25, -0.2) is 0 Å². The molecule has 1 rings (SSSR count). The van der Waals surface area contributed by atoms with Gasteiger partial charge in [0.2, 0.25) is 5.91 Å². The van der Waals surface area contributed by atoms with Gasteiger partial charge < -0.3 is 11.1 Å². The average molecular weight is 272 g/mol. The highest BCUT2D eigenvalue weighted by molar-refractivity contribution is 6.33. The summed E-state index contributed by atoms with van der Waals surface area (Å²) in [4.78, 5) is 21.7. The fourth-order valence-corrected chi connectivity index (χ4v) is 1.58. The lowest BCUT2D eigenvalue weighted by atomic mass is 10.1. The van der Waals surface area contributed by atoms with Gasteiger partial charge in [0.05, 0.1) is 11.0 Å². The van der Waals surface area contributed by atoms with Crippen LogP contribution in [0.1, 0.15) is 18.9 Å². The molecule has 0 radical (unpaired) electrons. The van der Waals surface area contributed by atoms with Crippen LogP contribution in [0, 0.1) is 17.0 Å². The highest BCUT2D eigenvalue weighted by Crippen LogP contribution is 2.30. The van der Waals surface area contributed by atoms with Crippen LogP contribution in [0.25, 0.3) is 0 Å². The Labute approximate surface area is 109 Å². The smallest absolute Gasteiger partial charge is 0.288 e. The molecule has 1 aromatic carbocycles. The molecule has 0 spiro atoms. The number of nitrogens with two attached hydrogens (primary N) is 1. The number of amides is 1. The summed E-state index contributed by atoms with van der Waals surface area (Å²) in [5.74, 6) is -0.342. The molecule has 0 aliphatic rings. The largest absolute Gasteiger partial charge is 0.324 e. The predicted molar refractivity (Wildman–Crippen MR) is 69.7 cm³/mol. The molecule has 7 heteroatoms. The summed E-state index contributed by atoms with van der Waals surface area (Å²) in [6.07, 6.45) is 0.506. The van der Waals surface area contributed by atoms with E-state index in [1.54, 1.807) is 13.8 Å². The van der Waals surface area contributed by atoms with Crippen LogP contribution >= 0.6 is 11.6 Å². The van der Waals surface area contributed by atoms with Crippen LogP contribution in [0.3, 0.4) is 0 Å². The molecule has 0 saturated carbocycles. The summed E-state index contributed by atoms with van der Waals surface area (Å²) < 4.78 is 0. The van der Waals surface area contributed by atoms with Crippen molar-refractivity contribution >= 4 is 28.9 Å². The second-order valence-corrected chi connectivity index (χ2v) is 4.29. The monoisotopic (exact) mass is 271 g/mol. The predicted octanol–water partition coefficient (Wildman–Crippen LogP) is 2.23. The standard InChI is InChI=1S/C11H14ClN3O3/c1-3-8(13)11(16)14-9-5-7(12)10(15(17)18)4-6(9)2/h4-5,8H,3,13H2,1-2H3,(H,14,16)/t8-/m1/s1. The van der Waals surface area contributed by atoms with Crippen molar-refractivity contribution in [3.63, 3.8) is 0 Å². The van der Waals surface area contributed by atoms with Crippen molar-refractivity contribution in [2.24, 2.45) is 5.73 Å². The molecule has 0 unspecified atom stereocenters. The van der Waals surface area contributed by atoms with E-state index >= 15 is 0 Å². The number of benzene rings is 1. The Morgan fingerprint density at radius 1 is 1.61 bits per heavy atom. The lowest BCUT2D eigenvalue weighted by molar-refractivity contribution is -0.384. The number of nitro groups is 1. The zero-order valence-electron chi connectivity index (χ0n) is 10.1. The topological polar surface area (TPSA) is 98.3 Å². The van der Waals surface area contributed by atoms with Gasteiger partial charge in [-0.3, -0.25) is 14.9 Å². The van der Waals surface area contributed by atoms with Gasteiger partial charge in [0, 0.05) is 11.8 Å². The van der Waals surface area contributed by atoms with Gasteiger partial charge in [0.25, 0.3) is 5.69 Å². The first-order valence-electron chi connectivity index (χ1n) is 5.37. The van der Waals surface area contributed by atoms with Crippen molar-refractivity contribution < 1.29 is 9.72 Å². The molecule has 0 bridgehead atoms. The van der Waals surface area contributed by atoms with E-state index in [0.717, 1.165) is 0 Å². The number of carbonyl (C=O) groups is 1. The van der Waals surface area contributed by atoms with Crippen LogP contribution in [-0.4, -0.2) is 16.9 Å². The van der Waals surface area contributed by atoms with Crippen LogP contribution in [0.15, 0.2) is 12.1 Å². The first kappa shape index (κ1) is 14.4. The van der Waals surface area contributed by atoms with Gasteiger partial charge in [-0.1, -0.05) is 18.5 Å². The third-order valence-corrected chi connectivity index (χ3v) is 2.83.